The van der Waals surface area contributed by atoms with Crippen LogP contribution in [0.4, 0.5) is 11.6 Å². The first-order valence-corrected chi connectivity index (χ1v) is 10.4. The normalized spacial score (nSPS) is 16.6. The highest BCUT2D eigenvalue weighted by Crippen LogP contribution is 2.32. The monoisotopic (exact) mass is 395 g/mol. The van der Waals surface area contributed by atoms with Crippen LogP contribution in [-0.4, -0.2) is 25.2 Å². The largest absolute Gasteiger partial charge is 0.332 e. The van der Waals surface area contributed by atoms with Gasteiger partial charge in [0.25, 0.3) is 5.56 Å². The van der Waals surface area contributed by atoms with E-state index in [4.69, 9.17) is 4.98 Å². The highest BCUT2D eigenvalue weighted by molar-refractivity contribution is 5.77. The first-order chi connectivity index (χ1) is 13.8. The highest BCUT2D eigenvalue weighted by atomic mass is 16.2. The van der Waals surface area contributed by atoms with Crippen LogP contribution in [0.3, 0.4) is 0 Å². The maximum Gasteiger partial charge on any atom is 0.332 e. The number of aryl methyl sites for hydroxylation is 2. The summed E-state index contributed by atoms with van der Waals surface area (Å²) in [4.78, 5) is 33.0. The van der Waals surface area contributed by atoms with E-state index in [9.17, 15) is 9.59 Å². The van der Waals surface area contributed by atoms with Crippen molar-refractivity contribution in [2.24, 2.45) is 18.9 Å². The van der Waals surface area contributed by atoms with E-state index in [0.717, 1.165) is 24.6 Å². The molecular weight excluding hydrogens is 366 g/mol. The summed E-state index contributed by atoms with van der Waals surface area (Å²) in [6, 6.07) is 8.48. The van der Waals surface area contributed by atoms with Gasteiger partial charge in [0.05, 0.1) is 0 Å². The summed E-state index contributed by atoms with van der Waals surface area (Å²) in [5, 5.41) is 0. The molecule has 7 nitrogen and oxygen atoms in total. The lowest BCUT2D eigenvalue weighted by molar-refractivity contribution is 0.454. The zero-order valence-corrected chi connectivity index (χ0v) is 17.8. The zero-order chi connectivity index (χ0) is 20.9. The van der Waals surface area contributed by atoms with Crippen molar-refractivity contribution in [3.63, 3.8) is 0 Å². The molecule has 3 aromatic rings. The van der Waals surface area contributed by atoms with Gasteiger partial charge in [0.15, 0.2) is 11.2 Å². The fourth-order valence-corrected chi connectivity index (χ4v) is 4.16. The van der Waals surface area contributed by atoms with Crippen LogP contribution >= 0.6 is 0 Å². The third-order valence-electron chi connectivity index (χ3n) is 5.65. The number of benzene rings is 1. The second kappa shape index (κ2) is 7.21. The first-order valence-electron chi connectivity index (χ1n) is 10.4. The zero-order valence-electron chi connectivity index (χ0n) is 17.8. The van der Waals surface area contributed by atoms with Gasteiger partial charge in [0, 0.05) is 32.4 Å². The summed E-state index contributed by atoms with van der Waals surface area (Å²) in [5.41, 5.74) is 2.76. The molecule has 4 rings (SSSR count). The summed E-state index contributed by atoms with van der Waals surface area (Å²) in [6.07, 6.45) is 0.993. The molecule has 154 valence electrons. The van der Waals surface area contributed by atoms with Gasteiger partial charge in [-0.15, -0.1) is 0 Å². The number of fused-ring (bicyclic) bond motifs is 3. The Hall–Kier alpha value is -2.83. The van der Waals surface area contributed by atoms with Crippen molar-refractivity contribution in [1.29, 1.82) is 0 Å². The second-order valence-electron chi connectivity index (χ2n) is 8.58. The van der Waals surface area contributed by atoms with Crippen molar-refractivity contribution in [2.75, 3.05) is 11.4 Å². The molecule has 1 unspecified atom stereocenters. The predicted molar refractivity (Wildman–Crippen MR) is 116 cm³/mol. The van der Waals surface area contributed by atoms with Crippen molar-refractivity contribution >= 4 is 22.8 Å². The highest BCUT2D eigenvalue weighted by Gasteiger charge is 2.29. The van der Waals surface area contributed by atoms with Gasteiger partial charge in [-0.2, -0.15) is 4.98 Å². The Labute approximate surface area is 170 Å². The lowest BCUT2D eigenvalue weighted by Gasteiger charge is -2.33. The number of rotatable bonds is 4. The Balaban J connectivity index is 1.95. The maximum atomic E-state index is 13.3. The lowest BCUT2D eigenvalue weighted by Crippen LogP contribution is -2.41. The predicted octanol–water partition coefficient (Wildman–Crippen LogP) is 2.90. The van der Waals surface area contributed by atoms with Gasteiger partial charge in [-0.25, -0.2) is 4.79 Å². The van der Waals surface area contributed by atoms with E-state index in [1.807, 2.05) is 18.4 Å². The Morgan fingerprint density at radius 2 is 1.83 bits per heavy atom. The first kappa shape index (κ1) is 19.5. The average Bonchev–Trinajstić information content (AvgIpc) is 3.08. The minimum Gasteiger partial charge on any atom is -0.312 e. The summed E-state index contributed by atoms with van der Waals surface area (Å²) in [5.74, 6) is 1.28. The number of hydrogen-bond donors (Lipinski definition) is 0. The van der Waals surface area contributed by atoms with Crippen molar-refractivity contribution in [2.45, 2.75) is 47.2 Å². The number of aromatic nitrogens is 4. The van der Waals surface area contributed by atoms with Gasteiger partial charge in [0.1, 0.15) is 0 Å². The molecule has 3 heterocycles. The molecular formula is C22H29N5O2. The van der Waals surface area contributed by atoms with E-state index in [0.29, 0.717) is 30.2 Å². The lowest BCUT2D eigenvalue weighted by atomic mass is 10.1. The van der Waals surface area contributed by atoms with Crippen LogP contribution in [0.15, 0.2) is 33.9 Å². The summed E-state index contributed by atoms with van der Waals surface area (Å²) in [7, 11) is 1.70. The third kappa shape index (κ3) is 3.18. The fraction of sp³-hybridized carbons (Fsp3) is 0.500. The minimum absolute atomic E-state index is 0.203. The molecule has 0 amide bonds. The molecule has 0 N–H and O–H groups in total. The molecule has 1 aromatic carbocycles. The molecule has 29 heavy (non-hydrogen) atoms. The van der Waals surface area contributed by atoms with Gasteiger partial charge < -0.3 is 9.47 Å². The standard InChI is InChI=1S/C22H29N5O2/c1-6-16-7-9-17(10-8-16)25-12-15(4)13-26-18-19(23-21(25)26)24(5)22(29)27(20(18)28)11-14(2)3/h7-10,14-15H,6,11-13H2,1-5H3. The molecule has 0 saturated heterocycles. The van der Waals surface area contributed by atoms with Gasteiger partial charge in [-0.3, -0.25) is 13.9 Å². The molecule has 0 radical (unpaired) electrons. The van der Waals surface area contributed by atoms with Crippen LogP contribution in [0.1, 0.15) is 33.3 Å². The van der Waals surface area contributed by atoms with Crippen molar-refractivity contribution in [3.05, 3.63) is 50.7 Å². The molecule has 0 aliphatic carbocycles. The van der Waals surface area contributed by atoms with Gasteiger partial charge in [-0.1, -0.05) is 39.8 Å². The molecule has 0 fully saturated rings. The fourth-order valence-electron chi connectivity index (χ4n) is 4.16. The van der Waals surface area contributed by atoms with Crippen LogP contribution in [0.2, 0.25) is 0 Å². The molecule has 1 aliphatic heterocycles. The molecule has 7 heteroatoms. The Kier molecular flexibility index (Phi) is 4.84. The van der Waals surface area contributed by atoms with Crippen LogP contribution in [0.25, 0.3) is 11.2 Å². The smallest absolute Gasteiger partial charge is 0.312 e. The Morgan fingerprint density at radius 3 is 2.45 bits per heavy atom. The number of hydrogen-bond acceptors (Lipinski definition) is 4. The van der Waals surface area contributed by atoms with E-state index in [1.54, 1.807) is 7.05 Å². The number of anilines is 2. The van der Waals surface area contributed by atoms with Crippen molar-refractivity contribution < 1.29 is 0 Å². The molecule has 0 spiro atoms. The van der Waals surface area contributed by atoms with Crippen LogP contribution in [-0.2, 0) is 26.6 Å². The van der Waals surface area contributed by atoms with Gasteiger partial charge >= 0.3 is 5.69 Å². The summed E-state index contributed by atoms with van der Waals surface area (Å²) in [6.45, 7) is 10.3. The van der Waals surface area contributed by atoms with Crippen LogP contribution < -0.4 is 16.1 Å². The van der Waals surface area contributed by atoms with E-state index in [1.165, 1.54) is 14.7 Å². The third-order valence-corrected chi connectivity index (χ3v) is 5.65. The van der Waals surface area contributed by atoms with E-state index < -0.39 is 0 Å². The Bertz CT molecular complexity index is 1170. The molecule has 1 aliphatic rings. The van der Waals surface area contributed by atoms with E-state index >= 15 is 0 Å². The van der Waals surface area contributed by atoms with E-state index in [-0.39, 0.29) is 17.2 Å². The average molecular weight is 396 g/mol. The van der Waals surface area contributed by atoms with E-state index in [2.05, 4.69) is 43.0 Å². The van der Waals surface area contributed by atoms with Crippen molar-refractivity contribution in [3.8, 4) is 0 Å². The van der Waals surface area contributed by atoms with Gasteiger partial charge in [-0.05, 0) is 36.0 Å². The summed E-state index contributed by atoms with van der Waals surface area (Å²) >= 11 is 0. The van der Waals surface area contributed by atoms with Crippen molar-refractivity contribution in [1.82, 2.24) is 18.7 Å². The maximum absolute atomic E-state index is 13.3. The minimum atomic E-state index is -0.307. The molecule has 1 atom stereocenters. The van der Waals surface area contributed by atoms with Gasteiger partial charge in [0.2, 0.25) is 5.95 Å². The topological polar surface area (TPSA) is 65.1 Å². The second-order valence-corrected chi connectivity index (χ2v) is 8.58. The molecule has 0 saturated carbocycles. The Morgan fingerprint density at radius 1 is 1.14 bits per heavy atom. The SMILES string of the molecule is CCc1ccc(N2CC(C)Cn3c2nc2c3c(=O)n(CC(C)C)c(=O)n2C)cc1. The number of nitrogens with zero attached hydrogens (tertiary/aromatic N) is 5. The van der Waals surface area contributed by atoms with Crippen LogP contribution in [0.5, 0.6) is 0 Å². The van der Waals surface area contributed by atoms with Crippen LogP contribution in [0, 0.1) is 11.8 Å². The summed E-state index contributed by atoms with van der Waals surface area (Å²) < 4.78 is 4.85. The quantitative estimate of drug-likeness (QED) is 0.681. The number of imidazole rings is 1. The molecule has 2 aromatic heterocycles. The molecule has 0 bridgehead atoms.